The molecule has 0 spiro atoms. The lowest BCUT2D eigenvalue weighted by atomic mass is 10.1. The average Bonchev–Trinajstić information content (AvgIpc) is 2.47. The van der Waals surface area contributed by atoms with Gasteiger partial charge in [0.2, 0.25) is 0 Å². The molecule has 0 bridgehead atoms. The molecule has 0 aliphatic carbocycles. The first-order valence-corrected chi connectivity index (χ1v) is 4.50. The molecule has 0 aliphatic heterocycles. The van der Waals surface area contributed by atoms with E-state index in [0.717, 1.165) is 5.39 Å². The highest BCUT2D eigenvalue weighted by molar-refractivity contribution is 7.17. The Morgan fingerprint density at radius 1 is 1.46 bits per heavy atom. The third-order valence-electron chi connectivity index (χ3n) is 1.80. The molecule has 0 saturated carbocycles. The SMILES string of the molecule is N#Cc1csc2c(O)cc(N)cc12. The van der Waals surface area contributed by atoms with Gasteiger partial charge in [0.15, 0.2) is 0 Å². The van der Waals surface area contributed by atoms with E-state index in [0.29, 0.717) is 16.0 Å². The molecule has 0 radical (unpaired) electrons. The second-order valence-corrected chi connectivity index (χ2v) is 3.56. The van der Waals surface area contributed by atoms with Crippen LogP contribution in [0.25, 0.3) is 10.1 Å². The molecule has 64 valence electrons. The van der Waals surface area contributed by atoms with Gasteiger partial charge in [-0.25, -0.2) is 0 Å². The number of nitriles is 1. The summed E-state index contributed by atoms with van der Waals surface area (Å²) in [6, 6.07) is 5.23. The van der Waals surface area contributed by atoms with E-state index < -0.39 is 0 Å². The Labute approximate surface area is 78.6 Å². The number of benzene rings is 1. The van der Waals surface area contributed by atoms with Crippen molar-refractivity contribution < 1.29 is 5.11 Å². The van der Waals surface area contributed by atoms with E-state index in [2.05, 4.69) is 0 Å². The highest BCUT2D eigenvalue weighted by atomic mass is 32.1. The van der Waals surface area contributed by atoms with Crippen molar-refractivity contribution in [2.45, 2.75) is 0 Å². The summed E-state index contributed by atoms with van der Waals surface area (Å²) < 4.78 is 0.714. The van der Waals surface area contributed by atoms with Crippen LogP contribution < -0.4 is 5.73 Å². The van der Waals surface area contributed by atoms with Crippen molar-refractivity contribution in [1.29, 1.82) is 5.26 Å². The van der Waals surface area contributed by atoms with Crippen molar-refractivity contribution in [3.8, 4) is 11.8 Å². The zero-order valence-electron chi connectivity index (χ0n) is 6.61. The Kier molecular flexibility index (Phi) is 1.61. The lowest BCUT2D eigenvalue weighted by Gasteiger charge is -1.97. The molecule has 2 aromatic rings. The molecule has 1 aromatic heterocycles. The number of phenolic OH excluding ortho intramolecular Hbond substituents is 1. The summed E-state index contributed by atoms with van der Waals surface area (Å²) in [7, 11) is 0. The number of aromatic hydroxyl groups is 1. The van der Waals surface area contributed by atoms with Gasteiger partial charge in [-0.2, -0.15) is 5.26 Å². The number of nitrogens with zero attached hydrogens (tertiary/aromatic N) is 1. The third-order valence-corrected chi connectivity index (χ3v) is 2.82. The van der Waals surface area contributed by atoms with Gasteiger partial charge in [-0.05, 0) is 6.07 Å². The van der Waals surface area contributed by atoms with Crippen LogP contribution in [0.2, 0.25) is 0 Å². The summed E-state index contributed by atoms with van der Waals surface area (Å²) in [5, 5.41) is 20.7. The predicted octanol–water partition coefficient (Wildman–Crippen LogP) is 2.06. The maximum atomic E-state index is 9.48. The van der Waals surface area contributed by atoms with E-state index in [-0.39, 0.29) is 5.75 Å². The zero-order chi connectivity index (χ0) is 9.42. The number of thiophene rings is 1. The summed E-state index contributed by atoms with van der Waals surface area (Å²) in [6.45, 7) is 0. The normalized spacial score (nSPS) is 10.1. The molecule has 0 aliphatic rings. The molecule has 0 saturated heterocycles. The molecule has 0 fully saturated rings. The molecule has 0 unspecified atom stereocenters. The third kappa shape index (κ3) is 1.10. The number of anilines is 1. The van der Waals surface area contributed by atoms with Crippen LogP contribution in [0.15, 0.2) is 17.5 Å². The molecular formula is C9H6N2OS. The minimum atomic E-state index is 0.140. The van der Waals surface area contributed by atoms with Crippen molar-refractivity contribution in [2.24, 2.45) is 0 Å². The van der Waals surface area contributed by atoms with Crippen molar-refractivity contribution in [2.75, 3.05) is 5.73 Å². The van der Waals surface area contributed by atoms with E-state index in [1.807, 2.05) is 6.07 Å². The zero-order valence-corrected chi connectivity index (χ0v) is 7.43. The van der Waals surface area contributed by atoms with Gasteiger partial charge in [-0.1, -0.05) is 0 Å². The summed E-state index contributed by atoms with van der Waals surface area (Å²) in [5.74, 6) is 0.140. The predicted molar refractivity (Wildman–Crippen MR) is 52.6 cm³/mol. The number of hydrogen-bond acceptors (Lipinski definition) is 4. The Balaban J connectivity index is 2.92. The maximum Gasteiger partial charge on any atom is 0.135 e. The molecule has 3 N–H and O–H groups in total. The fourth-order valence-electron chi connectivity index (χ4n) is 1.23. The first kappa shape index (κ1) is 7.90. The summed E-state index contributed by atoms with van der Waals surface area (Å²) in [5.41, 5.74) is 6.57. The van der Waals surface area contributed by atoms with Crippen LogP contribution in [0.1, 0.15) is 5.56 Å². The van der Waals surface area contributed by atoms with Gasteiger partial charge in [0.1, 0.15) is 11.8 Å². The van der Waals surface area contributed by atoms with Crippen LogP contribution in [0, 0.1) is 11.3 Å². The van der Waals surface area contributed by atoms with Crippen molar-refractivity contribution in [1.82, 2.24) is 0 Å². The number of fused-ring (bicyclic) bond motifs is 1. The molecule has 0 atom stereocenters. The Bertz CT molecular complexity index is 510. The van der Waals surface area contributed by atoms with Crippen molar-refractivity contribution in [3.63, 3.8) is 0 Å². The van der Waals surface area contributed by atoms with Gasteiger partial charge in [0, 0.05) is 22.5 Å². The molecule has 0 amide bonds. The number of nitrogen functional groups attached to an aromatic ring is 1. The largest absolute Gasteiger partial charge is 0.506 e. The van der Waals surface area contributed by atoms with Crippen LogP contribution in [-0.4, -0.2) is 5.11 Å². The number of hydrogen-bond donors (Lipinski definition) is 2. The fraction of sp³-hybridized carbons (Fsp3) is 0. The topological polar surface area (TPSA) is 70.0 Å². The van der Waals surface area contributed by atoms with E-state index in [9.17, 15) is 5.11 Å². The average molecular weight is 190 g/mol. The van der Waals surface area contributed by atoms with Gasteiger partial charge < -0.3 is 10.8 Å². The Hall–Kier alpha value is -1.73. The van der Waals surface area contributed by atoms with Gasteiger partial charge in [-0.15, -0.1) is 11.3 Å². The first-order chi connectivity index (χ1) is 6.22. The Morgan fingerprint density at radius 2 is 2.23 bits per heavy atom. The van der Waals surface area contributed by atoms with E-state index >= 15 is 0 Å². The number of phenols is 1. The van der Waals surface area contributed by atoms with Gasteiger partial charge in [-0.3, -0.25) is 0 Å². The van der Waals surface area contributed by atoms with Gasteiger partial charge >= 0.3 is 0 Å². The maximum absolute atomic E-state index is 9.48. The highest BCUT2D eigenvalue weighted by Crippen LogP contribution is 2.34. The summed E-state index contributed by atoms with van der Waals surface area (Å²) >= 11 is 1.35. The lowest BCUT2D eigenvalue weighted by Crippen LogP contribution is -1.83. The van der Waals surface area contributed by atoms with Crippen LogP contribution in [0.4, 0.5) is 5.69 Å². The van der Waals surface area contributed by atoms with Crippen LogP contribution >= 0.6 is 11.3 Å². The van der Waals surface area contributed by atoms with E-state index in [4.69, 9.17) is 11.0 Å². The van der Waals surface area contributed by atoms with Gasteiger partial charge in [0.05, 0.1) is 10.3 Å². The molecule has 3 nitrogen and oxygen atoms in total. The standard InChI is InChI=1S/C9H6N2OS/c10-3-5-4-13-9-7(5)1-6(11)2-8(9)12/h1-2,4,12H,11H2. The molecule has 13 heavy (non-hydrogen) atoms. The van der Waals surface area contributed by atoms with Crippen LogP contribution in [0.3, 0.4) is 0 Å². The molecular weight excluding hydrogens is 184 g/mol. The highest BCUT2D eigenvalue weighted by Gasteiger charge is 2.07. The van der Waals surface area contributed by atoms with Crippen LogP contribution in [-0.2, 0) is 0 Å². The van der Waals surface area contributed by atoms with E-state index in [1.54, 1.807) is 11.4 Å². The minimum Gasteiger partial charge on any atom is -0.506 e. The minimum absolute atomic E-state index is 0.140. The summed E-state index contributed by atoms with van der Waals surface area (Å²) in [4.78, 5) is 0. The Morgan fingerprint density at radius 3 is 2.92 bits per heavy atom. The molecule has 2 rings (SSSR count). The second-order valence-electron chi connectivity index (χ2n) is 2.68. The molecule has 1 aromatic carbocycles. The smallest absolute Gasteiger partial charge is 0.135 e. The molecule has 4 heteroatoms. The summed E-state index contributed by atoms with van der Waals surface area (Å²) in [6.07, 6.45) is 0. The van der Waals surface area contributed by atoms with Gasteiger partial charge in [0.25, 0.3) is 0 Å². The fourth-order valence-corrected chi connectivity index (χ4v) is 2.12. The molecule has 1 heterocycles. The lowest BCUT2D eigenvalue weighted by molar-refractivity contribution is 0.483. The quantitative estimate of drug-likeness (QED) is 0.624. The monoisotopic (exact) mass is 190 g/mol. The second kappa shape index (κ2) is 2.64. The number of rotatable bonds is 0. The van der Waals surface area contributed by atoms with Crippen molar-refractivity contribution in [3.05, 3.63) is 23.1 Å². The van der Waals surface area contributed by atoms with E-state index in [1.165, 1.54) is 17.4 Å². The number of nitrogens with two attached hydrogens (primary N) is 1. The first-order valence-electron chi connectivity index (χ1n) is 3.62. The van der Waals surface area contributed by atoms with Crippen LogP contribution in [0.5, 0.6) is 5.75 Å². The van der Waals surface area contributed by atoms with Crippen molar-refractivity contribution >= 4 is 27.1 Å².